The predicted molar refractivity (Wildman–Crippen MR) is 85.3 cm³/mol. The van der Waals surface area contributed by atoms with Crippen LogP contribution in [0.25, 0.3) is 0 Å². The van der Waals surface area contributed by atoms with Crippen LogP contribution in [-0.4, -0.2) is 35.6 Å². The minimum Gasteiger partial charge on any atom is -0.342 e. The van der Waals surface area contributed by atoms with Gasteiger partial charge in [-0.05, 0) is 30.5 Å². The van der Waals surface area contributed by atoms with E-state index in [4.69, 9.17) is 0 Å². The van der Waals surface area contributed by atoms with Gasteiger partial charge in [-0.2, -0.15) is 0 Å². The SMILES string of the molecule is c1ccc(CCN2CCC3(CNCc4cccn43)C2)cc1. The Morgan fingerprint density at radius 3 is 2.90 bits per heavy atom. The van der Waals surface area contributed by atoms with Crippen molar-refractivity contribution in [3.05, 3.63) is 59.9 Å². The van der Waals surface area contributed by atoms with Crippen molar-refractivity contribution in [2.75, 3.05) is 26.2 Å². The number of hydrogen-bond acceptors (Lipinski definition) is 2. The summed E-state index contributed by atoms with van der Waals surface area (Å²) >= 11 is 0. The van der Waals surface area contributed by atoms with Crippen molar-refractivity contribution >= 4 is 0 Å². The second-order valence-corrected chi connectivity index (χ2v) is 6.46. The van der Waals surface area contributed by atoms with Gasteiger partial charge in [0.15, 0.2) is 0 Å². The van der Waals surface area contributed by atoms with Crippen LogP contribution in [-0.2, 0) is 18.5 Å². The maximum Gasteiger partial charge on any atom is 0.0705 e. The zero-order valence-corrected chi connectivity index (χ0v) is 12.5. The van der Waals surface area contributed by atoms with Crippen LogP contribution in [0.1, 0.15) is 17.7 Å². The molecule has 4 rings (SSSR count). The number of hydrogen-bond donors (Lipinski definition) is 1. The normalized spacial score (nSPS) is 25.3. The van der Waals surface area contributed by atoms with Gasteiger partial charge in [-0.15, -0.1) is 0 Å². The molecule has 0 aliphatic carbocycles. The summed E-state index contributed by atoms with van der Waals surface area (Å²) in [4.78, 5) is 2.63. The summed E-state index contributed by atoms with van der Waals surface area (Å²) in [6, 6.07) is 15.3. The van der Waals surface area contributed by atoms with Crippen LogP contribution in [0, 0.1) is 0 Å². The molecule has 1 atom stereocenters. The lowest BCUT2D eigenvalue weighted by Crippen LogP contribution is -2.49. The molecule has 1 fully saturated rings. The molecule has 3 heterocycles. The number of nitrogens with zero attached hydrogens (tertiary/aromatic N) is 2. The lowest BCUT2D eigenvalue weighted by Gasteiger charge is -2.37. The Labute approximate surface area is 126 Å². The van der Waals surface area contributed by atoms with Gasteiger partial charge in [0.1, 0.15) is 0 Å². The zero-order valence-electron chi connectivity index (χ0n) is 12.5. The van der Waals surface area contributed by atoms with Crippen LogP contribution in [0.3, 0.4) is 0 Å². The van der Waals surface area contributed by atoms with Gasteiger partial charge in [-0.3, -0.25) is 0 Å². The molecule has 1 spiro atoms. The molecule has 0 bridgehead atoms. The van der Waals surface area contributed by atoms with Crippen LogP contribution in [0.2, 0.25) is 0 Å². The van der Waals surface area contributed by atoms with E-state index in [0.717, 1.165) is 19.5 Å². The summed E-state index contributed by atoms with van der Waals surface area (Å²) in [5, 5.41) is 3.61. The summed E-state index contributed by atoms with van der Waals surface area (Å²) in [6.07, 6.45) is 4.69. The molecular weight excluding hydrogens is 258 g/mol. The van der Waals surface area contributed by atoms with Gasteiger partial charge in [-0.1, -0.05) is 30.3 Å². The van der Waals surface area contributed by atoms with Gasteiger partial charge in [-0.25, -0.2) is 0 Å². The minimum absolute atomic E-state index is 0.285. The third kappa shape index (κ3) is 2.41. The fraction of sp³-hybridized carbons (Fsp3) is 0.444. The molecule has 1 aromatic heterocycles. The van der Waals surface area contributed by atoms with E-state index in [2.05, 4.69) is 63.4 Å². The first-order valence-electron chi connectivity index (χ1n) is 7.99. The lowest BCUT2D eigenvalue weighted by molar-refractivity contribution is 0.224. The first-order valence-corrected chi connectivity index (χ1v) is 7.99. The number of likely N-dealkylation sites (tertiary alicyclic amines) is 1. The molecule has 110 valence electrons. The summed E-state index contributed by atoms with van der Waals surface area (Å²) in [5.41, 5.74) is 3.17. The summed E-state index contributed by atoms with van der Waals surface area (Å²) in [5.74, 6) is 0. The van der Waals surface area contributed by atoms with Crippen molar-refractivity contribution in [1.82, 2.24) is 14.8 Å². The van der Waals surface area contributed by atoms with E-state index in [-0.39, 0.29) is 5.54 Å². The monoisotopic (exact) mass is 281 g/mol. The Morgan fingerprint density at radius 2 is 2.00 bits per heavy atom. The number of benzene rings is 1. The third-order valence-corrected chi connectivity index (χ3v) is 5.08. The van der Waals surface area contributed by atoms with Crippen LogP contribution >= 0.6 is 0 Å². The average molecular weight is 281 g/mol. The number of rotatable bonds is 3. The molecule has 3 heteroatoms. The highest BCUT2D eigenvalue weighted by atomic mass is 15.3. The molecule has 2 aromatic rings. The van der Waals surface area contributed by atoms with E-state index < -0.39 is 0 Å². The molecule has 1 N–H and O–H groups in total. The average Bonchev–Trinajstić information content (AvgIpc) is 3.15. The zero-order chi connectivity index (χ0) is 14.1. The summed E-state index contributed by atoms with van der Waals surface area (Å²) in [6.45, 7) is 5.68. The van der Waals surface area contributed by atoms with Crippen molar-refractivity contribution < 1.29 is 0 Å². The minimum atomic E-state index is 0.285. The Bertz CT molecular complexity index is 604. The first-order chi connectivity index (χ1) is 10.4. The molecule has 0 amide bonds. The van der Waals surface area contributed by atoms with Crippen LogP contribution in [0.15, 0.2) is 48.7 Å². The van der Waals surface area contributed by atoms with Crippen molar-refractivity contribution in [2.24, 2.45) is 0 Å². The molecule has 2 aliphatic heterocycles. The Kier molecular flexibility index (Phi) is 3.32. The fourth-order valence-electron chi connectivity index (χ4n) is 3.94. The van der Waals surface area contributed by atoms with Crippen LogP contribution in [0.4, 0.5) is 0 Å². The second kappa shape index (κ2) is 5.32. The Hall–Kier alpha value is -1.58. The number of nitrogens with one attached hydrogen (secondary N) is 1. The second-order valence-electron chi connectivity index (χ2n) is 6.46. The molecule has 0 saturated carbocycles. The highest BCUT2D eigenvalue weighted by molar-refractivity contribution is 5.17. The van der Waals surface area contributed by atoms with Crippen molar-refractivity contribution in [1.29, 1.82) is 0 Å². The van der Waals surface area contributed by atoms with Gasteiger partial charge >= 0.3 is 0 Å². The standard InChI is InChI=1S/C18H23N3/c1-2-5-16(6-3-1)8-11-20-12-9-18(15-20)14-19-13-17-7-4-10-21(17)18/h1-7,10,19H,8-9,11-15H2. The van der Waals surface area contributed by atoms with Crippen LogP contribution in [0.5, 0.6) is 0 Å². The van der Waals surface area contributed by atoms with Gasteiger partial charge in [0.25, 0.3) is 0 Å². The Morgan fingerprint density at radius 1 is 1.10 bits per heavy atom. The lowest BCUT2D eigenvalue weighted by atomic mass is 9.96. The molecule has 1 aromatic carbocycles. The molecule has 1 unspecified atom stereocenters. The third-order valence-electron chi connectivity index (χ3n) is 5.08. The quantitative estimate of drug-likeness (QED) is 0.931. The molecule has 1 saturated heterocycles. The van der Waals surface area contributed by atoms with Gasteiger partial charge < -0.3 is 14.8 Å². The molecule has 0 radical (unpaired) electrons. The highest BCUT2D eigenvalue weighted by Gasteiger charge is 2.41. The van der Waals surface area contributed by atoms with Gasteiger partial charge in [0, 0.05) is 44.6 Å². The van der Waals surface area contributed by atoms with E-state index >= 15 is 0 Å². The maximum absolute atomic E-state index is 3.61. The number of aromatic nitrogens is 1. The van der Waals surface area contributed by atoms with E-state index in [1.807, 2.05) is 0 Å². The summed E-state index contributed by atoms with van der Waals surface area (Å²) < 4.78 is 2.53. The van der Waals surface area contributed by atoms with Gasteiger partial charge in [0.2, 0.25) is 0 Å². The maximum atomic E-state index is 3.61. The molecule has 2 aliphatic rings. The van der Waals surface area contributed by atoms with E-state index in [1.54, 1.807) is 0 Å². The Balaban J connectivity index is 1.44. The molecule has 3 nitrogen and oxygen atoms in total. The number of fused-ring (bicyclic) bond motifs is 2. The van der Waals surface area contributed by atoms with Crippen molar-refractivity contribution in [2.45, 2.75) is 24.9 Å². The van der Waals surface area contributed by atoms with Gasteiger partial charge in [0.05, 0.1) is 5.54 Å². The van der Waals surface area contributed by atoms with E-state index in [1.165, 1.54) is 37.3 Å². The fourth-order valence-corrected chi connectivity index (χ4v) is 3.94. The van der Waals surface area contributed by atoms with Crippen molar-refractivity contribution in [3.8, 4) is 0 Å². The largest absolute Gasteiger partial charge is 0.342 e. The van der Waals surface area contributed by atoms with Crippen molar-refractivity contribution in [3.63, 3.8) is 0 Å². The highest BCUT2D eigenvalue weighted by Crippen LogP contribution is 2.32. The molecule has 21 heavy (non-hydrogen) atoms. The predicted octanol–water partition coefficient (Wildman–Crippen LogP) is 2.24. The summed E-state index contributed by atoms with van der Waals surface area (Å²) in [7, 11) is 0. The first kappa shape index (κ1) is 13.1. The topological polar surface area (TPSA) is 20.2 Å². The van der Waals surface area contributed by atoms with Crippen LogP contribution < -0.4 is 5.32 Å². The van der Waals surface area contributed by atoms with E-state index in [9.17, 15) is 0 Å². The molecular formula is C18H23N3. The van der Waals surface area contributed by atoms with E-state index in [0.29, 0.717) is 0 Å². The smallest absolute Gasteiger partial charge is 0.0705 e.